The molecule has 0 bridgehead atoms. The van der Waals surface area contributed by atoms with Gasteiger partial charge in [-0.2, -0.15) is 0 Å². The summed E-state index contributed by atoms with van der Waals surface area (Å²) < 4.78 is 10.1. The lowest BCUT2D eigenvalue weighted by Crippen LogP contribution is -2.57. The van der Waals surface area contributed by atoms with Crippen LogP contribution >= 0.6 is 23.4 Å². The highest BCUT2D eigenvalue weighted by Crippen LogP contribution is 2.34. The van der Waals surface area contributed by atoms with Crippen LogP contribution in [0.15, 0.2) is 48.5 Å². The fraction of sp³-hybridized carbons (Fsp3) is 0.304. The summed E-state index contributed by atoms with van der Waals surface area (Å²) in [4.78, 5) is 69.7. The highest BCUT2D eigenvalue weighted by atomic mass is 35.5. The molecule has 2 aromatic rings. The summed E-state index contributed by atoms with van der Waals surface area (Å²) in [5.74, 6) is -1.36. The number of alkyl halides is 1. The topological polar surface area (TPSA) is 188 Å². The number of ether oxygens (including phenoxy) is 2. The van der Waals surface area contributed by atoms with Gasteiger partial charge in [0.2, 0.25) is 11.4 Å². The molecule has 2 amide bonds. The second-order valence-electron chi connectivity index (χ2n) is 7.99. The van der Waals surface area contributed by atoms with Crippen molar-refractivity contribution in [2.24, 2.45) is 0 Å². The lowest BCUT2D eigenvalue weighted by Gasteiger charge is -2.41. The van der Waals surface area contributed by atoms with E-state index in [1.807, 2.05) is 0 Å². The Balaban J connectivity index is 1.36. The van der Waals surface area contributed by atoms with Crippen molar-refractivity contribution < 1.29 is 38.5 Å². The Bertz CT molecular complexity index is 1260. The third-order valence-corrected chi connectivity index (χ3v) is 6.82. The van der Waals surface area contributed by atoms with Gasteiger partial charge < -0.3 is 19.7 Å². The van der Waals surface area contributed by atoms with Crippen molar-refractivity contribution in [1.29, 1.82) is 0 Å². The molecule has 0 spiro atoms. The Labute approximate surface area is 229 Å². The van der Waals surface area contributed by atoms with Gasteiger partial charge in [0.05, 0.1) is 21.6 Å². The molecule has 2 atom stereocenters. The molecule has 1 heterocycles. The van der Waals surface area contributed by atoms with E-state index in [2.05, 4.69) is 5.32 Å². The lowest BCUT2D eigenvalue weighted by atomic mass is 10.2. The molecule has 1 unspecified atom stereocenters. The van der Waals surface area contributed by atoms with Gasteiger partial charge in [0, 0.05) is 37.2 Å². The van der Waals surface area contributed by atoms with Crippen LogP contribution in [0.25, 0.3) is 0 Å². The number of nitro benzene ring substituents is 2. The number of nitrogens with zero attached hydrogens (tertiary/aromatic N) is 3. The average Bonchev–Trinajstić information content (AvgIpc) is 2.90. The molecule has 0 aliphatic carbocycles. The number of rotatable bonds is 12. The number of halogens is 1. The van der Waals surface area contributed by atoms with E-state index in [1.165, 1.54) is 48.5 Å². The number of β-lactam (4-membered cyclic amide) rings is 1. The van der Waals surface area contributed by atoms with Crippen LogP contribution in [0.5, 0.6) is 0 Å². The van der Waals surface area contributed by atoms with Gasteiger partial charge in [-0.25, -0.2) is 9.59 Å². The normalized spacial score (nSPS) is 15.1. The Morgan fingerprint density at radius 1 is 0.974 bits per heavy atom. The van der Waals surface area contributed by atoms with Crippen molar-refractivity contribution in [2.75, 3.05) is 6.54 Å². The fourth-order valence-corrected chi connectivity index (χ4v) is 4.69. The van der Waals surface area contributed by atoms with Crippen molar-refractivity contribution in [2.45, 2.75) is 36.9 Å². The van der Waals surface area contributed by atoms with E-state index < -0.39 is 38.7 Å². The molecule has 0 saturated carbocycles. The minimum absolute atomic E-state index is 0.0139. The molecule has 0 aromatic heterocycles. The maximum Gasteiger partial charge on any atom is 0.407 e. The van der Waals surface area contributed by atoms with Gasteiger partial charge >= 0.3 is 12.1 Å². The number of thioether (sulfide) groups is 1. The lowest BCUT2D eigenvalue weighted by molar-refractivity contribution is -0.385. The third kappa shape index (κ3) is 8.38. The van der Waals surface area contributed by atoms with E-state index >= 15 is 0 Å². The smallest absolute Gasteiger partial charge is 0.407 e. The average molecular weight is 581 g/mol. The fourth-order valence-electron chi connectivity index (χ4n) is 3.21. The van der Waals surface area contributed by atoms with E-state index in [1.54, 1.807) is 0 Å². The standard InChI is InChI=1S/C23H21ClN4O10S/c24-21(22(31)37-12-14-1-5-16(6-2-14)27(33)34)26-18(29)11-19(26)39-20(30)9-10-25-23(32)38-13-15-3-7-17(8-4-15)28(35)36/h1-8,19,21H,9-13H2,(H,25,32)/t19-,21?/m0/s1. The molecular weight excluding hydrogens is 560 g/mol. The van der Waals surface area contributed by atoms with Crippen LogP contribution in [0.1, 0.15) is 24.0 Å². The molecule has 1 aliphatic rings. The summed E-state index contributed by atoms with van der Waals surface area (Å²) in [7, 11) is 0. The summed E-state index contributed by atoms with van der Waals surface area (Å²) in [6, 6.07) is 10.8. The Kier molecular flexibility index (Phi) is 10.2. The largest absolute Gasteiger partial charge is 0.458 e. The SMILES string of the molecule is O=C(NCCC(=O)S[C@H]1CC(=O)N1C(Cl)C(=O)OCc1ccc([N+](=O)[O-])cc1)OCc1ccc([N+](=O)[O-])cc1. The van der Waals surface area contributed by atoms with E-state index in [4.69, 9.17) is 21.1 Å². The molecule has 16 heteroatoms. The summed E-state index contributed by atoms with van der Waals surface area (Å²) in [5, 5.41) is 22.7. The highest BCUT2D eigenvalue weighted by Gasteiger charge is 2.45. The first-order chi connectivity index (χ1) is 18.5. The van der Waals surface area contributed by atoms with E-state index in [-0.39, 0.29) is 49.1 Å². The molecule has 2 aromatic carbocycles. The zero-order chi connectivity index (χ0) is 28.5. The minimum Gasteiger partial charge on any atom is -0.458 e. The maximum atomic E-state index is 12.3. The molecule has 39 heavy (non-hydrogen) atoms. The first-order valence-electron chi connectivity index (χ1n) is 11.2. The minimum atomic E-state index is -1.47. The van der Waals surface area contributed by atoms with Gasteiger partial charge in [-0.1, -0.05) is 23.4 Å². The monoisotopic (exact) mass is 580 g/mol. The zero-order valence-electron chi connectivity index (χ0n) is 20.0. The predicted molar refractivity (Wildman–Crippen MR) is 136 cm³/mol. The molecule has 3 rings (SSSR count). The van der Waals surface area contributed by atoms with Crippen molar-refractivity contribution >= 4 is 57.8 Å². The Hall–Kier alpha value is -4.24. The number of nitro groups is 2. The van der Waals surface area contributed by atoms with Crippen molar-refractivity contribution in [3.8, 4) is 0 Å². The van der Waals surface area contributed by atoms with Crippen LogP contribution in [0.4, 0.5) is 16.2 Å². The second-order valence-corrected chi connectivity index (χ2v) is 9.64. The first-order valence-corrected chi connectivity index (χ1v) is 12.6. The molecule has 0 radical (unpaired) electrons. The molecule has 14 nitrogen and oxygen atoms in total. The number of non-ortho nitro benzene ring substituents is 2. The second kappa shape index (κ2) is 13.5. The maximum absolute atomic E-state index is 12.3. The van der Waals surface area contributed by atoms with Crippen LogP contribution in [0, 0.1) is 20.2 Å². The molecule has 1 fully saturated rings. The Morgan fingerprint density at radius 3 is 1.97 bits per heavy atom. The molecule has 206 valence electrons. The third-order valence-electron chi connectivity index (χ3n) is 5.30. The number of carbonyl (C=O) groups excluding carboxylic acids is 4. The van der Waals surface area contributed by atoms with E-state index in [9.17, 15) is 39.4 Å². The van der Waals surface area contributed by atoms with E-state index in [0.717, 1.165) is 16.7 Å². The summed E-state index contributed by atoms with van der Waals surface area (Å²) in [5.41, 5.74) is -0.662. The number of carbonyl (C=O) groups is 4. The zero-order valence-corrected chi connectivity index (χ0v) is 21.6. The van der Waals surface area contributed by atoms with Gasteiger partial charge in [-0.15, -0.1) is 0 Å². The van der Waals surface area contributed by atoms with Crippen molar-refractivity contribution in [1.82, 2.24) is 10.2 Å². The van der Waals surface area contributed by atoms with Crippen LogP contribution in [0.3, 0.4) is 0 Å². The summed E-state index contributed by atoms with van der Waals surface area (Å²) in [6.45, 7) is -0.388. The van der Waals surface area contributed by atoms with Crippen molar-refractivity contribution in [3.05, 3.63) is 79.9 Å². The quantitative estimate of drug-likeness (QED) is 0.0968. The van der Waals surface area contributed by atoms with Crippen LogP contribution in [-0.4, -0.2) is 55.3 Å². The number of benzene rings is 2. The summed E-state index contributed by atoms with van der Waals surface area (Å²) >= 11 is 6.90. The van der Waals surface area contributed by atoms with Crippen LogP contribution in [0.2, 0.25) is 0 Å². The number of nitrogens with one attached hydrogen (secondary N) is 1. The van der Waals surface area contributed by atoms with Gasteiger partial charge in [-0.3, -0.25) is 29.8 Å². The highest BCUT2D eigenvalue weighted by molar-refractivity contribution is 8.14. The number of amides is 2. The molecule has 1 N–H and O–H groups in total. The van der Waals surface area contributed by atoms with Crippen molar-refractivity contribution in [3.63, 3.8) is 0 Å². The molecule has 1 aliphatic heterocycles. The van der Waals surface area contributed by atoms with Gasteiger partial charge in [-0.05, 0) is 35.4 Å². The summed E-state index contributed by atoms with van der Waals surface area (Å²) in [6.07, 6.45) is -0.893. The number of hydrogen-bond acceptors (Lipinski definition) is 11. The molecule has 1 saturated heterocycles. The number of esters is 1. The van der Waals surface area contributed by atoms with Gasteiger partial charge in [0.1, 0.15) is 13.2 Å². The number of likely N-dealkylation sites (tertiary alicyclic amines) is 1. The van der Waals surface area contributed by atoms with E-state index in [0.29, 0.717) is 11.1 Å². The Morgan fingerprint density at radius 2 is 1.49 bits per heavy atom. The molecular formula is C23H21ClN4O10S. The van der Waals surface area contributed by atoms with Crippen LogP contribution < -0.4 is 5.32 Å². The van der Waals surface area contributed by atoms with Gasteiger partial charge in [0.15, 0.2) is 5.12 Å². The number of alkyl carbamates (subject to hydrolysis) is 1. The van der Waals surface area contributed by atoms with Gasteiger partial charge in [0.25, 0.3) is 11.4 Å². The predicted octanol–water partition coefficient (Wildman–Crippen LogP) is 3.25. The first kappa shape index (κ1) is 29.3. The van der Waals surface area contributed by atoms with Crippen LogP contribution in [-0.2, 0) is 37.1 Å². The number of hydrogen-bond donors (Lipinski definition) is 1.